The Kier molecular flexibility index (Phi) is 1.07. The second-order valence-electron chi connectivity index (χ2n) is 1.72. The Labute approximate surface area is 60.8 Å². The topological polar surface area (TPSA) is 51.8 Å². The number of hydrogen-bond acceptors (Lipinski definition) is 4. The Hall–Kier alpha value is -1.16. The van der Waals surface area contributed by atoms with Crippen molar-refractivity contribution in [3.05, 3.63) is 17.5 Å². The number of aromatic nitrogens is 3. The first-order chi connectivity index (χ1) is 4.88. The van der Waals surface area contributed by atoms with Crippen molar-refractivity contribution in [3.8, 4) is 0 Å². The van der Waals surface area contributed by atoms with Crippen molar-refractivity contribution in [3.63, 3.8) is 0 Å². The maximum atomic E-state index is 5.59. The minimum absolute atomic E-state index is 0.245. The fourth-order valence-electron chi connectivity index (χ4n) is 0.691. The molecule has 0 bridgehead atoms. The molecule has 0 aliphatic heterocycles. The van der Waals surface area contributed by atoms with Crippen LogP contribution >= 0.6 is 11.6 Å². The molecular weight excluding hydrogens is 154 g/mol. The Morgan fingerprint density at radius 2 is 2.30 bits per heavy atom. The van der Waals surface area contributed by atoms with Crippen LogP contribution in [0.5, 0.6) is 0 Å². The first-order valence-electron chi connectivity index (χ1n) is 2.60. The summed E-state index contributed by atoms with van der Waals surface area (Å²) in [7, 11) is 0. The summed E-state index contributed by atoms with van der Waals surface area (Å²) in [4.78, 5) is 0. The Bertz CT molecular complexity index is 358. The zero-order chi connectivity index (χ0) is 6.97. The van der Waals surface area contributed by atoms with Gasteiger partial charge in [0.1, 0.15) is 5.52 Å². The van der Waals surface area contributed by atoms with Gasteiger partial charge in [-0.2, -0.15) is 0 Å². The van der Waals surface area contributed by atoms with Crippen molar-refractivity contribution in [2.24, 2.45) is 0 Å². The van der Waals surface area contributed by atoms with Crippen LogP contribution in [0, 0.1) is 0 Å². The summed E-state index contributed by atoms with van der Waals surface area (Å²) < 4.78 is 4.95. The zero-order valence-corrected chi connectivity index (χ0v) is 5.54. The smallest absolute Gasteiger partial charge is 0.198 e. The van der Waals surface area contributed by atoms with Crippen LogP contribution in [0.2, 0.25) is 5.15 Å². The summed E-state index contributed by atoms with van der Waals surface area (Å²) in [6.07, 6.45) is 1.49. The summed E-state index contributed by atoms with van der Waals surface area (Å²) >= 11 is 5.59. The lowest BCUT2D eigenvalue weighted by molar-refractivity contribution is 0.611. The van der Waals surface area contributed by atoms with Gasteiger partial charge in [0.2, 0.25) is 0 Å². The molecule has 0 saturated heterocycles. The highest BCUT2D eigenvalue weighted by atomic mass is 35.5. The molecule has 2 rings (SSSR count). The molecule has 0 spiro atoms. The van der Waals surface area contributed by atoms with E-state index in [2.05, 4.69) is 15.4 Å². The number of nitrogens with zero attached hydrogens (tertiary/aromatic N) is 3. The van der Waals surface area contributed by atoms with Gasteiger partial charge in [0.15, 0.2) is 10.7 Å². The van der Waals surface area contributed by atoms with Crippen LogP contribution in [0.25, 0.3) is 11.1 Å². The van der Waals surface area contributed by atoms with Crippen LogP contribution in [-0.4, -0.2) is 15.4 Å². The fraction of sp³-hybridized carbons (Fsp3) is 0. The quantitative estimate of drug-likeness (QED) is 0.575. The van der Waals surface area contributed by atoms with E-state index in [4.69, 9.17) is 16.0 Å². The van der Waals surface area contributed by atoms with Crippen molar-refractivity contribution in [2.45, 2.75) is 0 Å². The molecule has 2 heterocycles. The van der Waals surface area contributed by atoms with Gasteiger partial charge in [0, 0.05) is 6.07 Å². The molecule has 0 amide bonds. The summed E-state index contributed by atoms with van der Waals surface area (Å²) in [6, 6.07) is 1.68. The van der Waals surface area contributed by atoms with Crippen LogP contribution < -0.4 is 0 Å². The number of fused-ring (bicyclic) bond motifs is 1. The Balaban J connectivity index is 2.95. The van der Waals surface area contributed by atoms with E-state index >= 15 is 0 Å². The molecule has 4 nitrogen and oxygen atoms in total. The maximum Gasteiger partial charge on any atom is 0.198 e. The third kappa shape index (κ3) is 0.657. The highest BCUT2D eigenvalue weighted by Gasteiger charge is 2.03. The van der Waals surface area contributed by atoms with E-state index in [0.717, 1.165) is 0 Å². The van der Waals surface area contributed by atoms with Crippen LogP contribution in [0.3, 0.4) is 0 Å². The second-order valence-corrected chi connectivity index (χ2v) is 2.07. The molecular formula is C5H2ClN3O. The van der Waals surface area contributed by atoms with E-state index in [1.54, 1.807) is 6.07 Å². The van der Waals surface area contributed by atoms with Gasteiger partial charge >= 0.3 is 0 Å². The lowest BCUT2D eigenvalue weighted by atomic mass is 10.5. The van der Waals surface area contributed by atoms with Crippen molar-refractivity contribution < 1.29 is 4.42 Å². The van der Waals surface area contributed by atoms with Crippen LogP contribution in [0.15, 0.2) is 16.7 Å². The summed E-state index contributed by atoms with van der Waals surface area (Å²) in [5.74, 6) is 0. The number of furan rings is 1. The van der Waals surface area contributed by atoms with E-state index in [0.29, 0.717) is 11.1 Å². The first-order valence-corrected chi connectivity index (χ1v) is 2.98. The predicted octanol–water partition coefficient (Wildman–Crippen LogP) is 1.27. The largest absolute Gasteiger partial charge is 0.459 e. The predicted molar refractivity (Wildman–Crippen MR) is 34.6 cm³/mol. The van der Waals surface area contributed by atoms with Crippen LogP contribution in [0.1, 0.15) is 0 Å². The minimum atomic E-state index is 0.245. The summed E-state index contributed by atoms with van der Waals surface area (Å²) in [5, 5.41) is 10.8. The van der Waals surface area contributed by atoms with Gasteiger partial charge in [-0.3, -0.25) is 0 Å². The summed E-state index contributed by atoms with van der Waals surface area (Å²) in [5.41, 5.74) is 1.11. The standard InChI is InChI=1S/C5H2ClN3O/c6-5-4-3(1-2-10-4)7-9-8-5/h1-2H. The molecule has 5 heteroatoms. The zero-order valence-electron chi connectivity index (χ0n) is 4.78. The molecule has 2 aromatic heterocycles. The molecule has 0 N–H and O–H groups in total. The molecule has 50 valence electrons. The number of hydrogen-bond donors (Lipinski definition) is 0. The number of rotatable bonds is 0. The van der Waals surface area contributed by atoms with Crippen molar-refractivity contribution in [1.82, 2.24) is 15.4 Å². The van der Waals surface area contributed by atoms with Crippen molar-refractivity contribution in [2.75, 3.05) is 0 Å². The normalized spacial score (nSPS) is 10.5. The molecule has 10 heavy (non-hydrogen) atoms. The summed E-state index contributed by atoms with van der Waals surface area (Å²) in [6.45, 7) is 0. The highest BCUT2D eigenvalue weighted by molar-refractivity contribution is 6.33. The Morgan fingerprint density at radius 1 is 1.40 bits per heavy atom. The molecule has 2 aromatic rings. The van der Waals surface area contributed by atoms with E-state index in [1.165, 1.54) is 6.26 Å². The fourth-order valence-corrected chi connectivity index (χ4v) is 0.866. The van der Waals surface area contributed by atoms with Gasteiger partial charge < -0.3 is 4.42 Å². The van der Waals surface area contributed by atoms with Gasteiger partial charge in [0.25, 0.3) is 0 Å². The molecule has 0 atom stereocenters. The average Bonchev–Trinajstić information content (AvgIpc) is 2.36. The van der Waals surface area contributed by atoms with Gasteiger partial charge in [-0.05, 0) is 5.21 Å². The Morgan fingerprint density at radius 3 is 3.10 bits per heavy atom. The lowest BCUT2D eigenvalue weighted by Gasteiger charge is -1.84. The van der Waals surface area contributed by atoms with Crippen molar-refractivity contribution in [1.29, 1.82) is 0 Å². The van der Waals surface area contributed by atoms with E-state index < -0.39 is 0 Å². The average molecular weight is 156 g/mol. The van der Waals surface area contributed by atoms with E-state index in [1.807, 2.05) is 0 Å². The van der Waals surface area contributed by atoms with Gasteiger partial charge in [-0.25, -0.2) is 0 Å². The highest BCUT2D eigenvalue weighted by Crippen LogP contribution is 2.17. The molecule has 0 unspecified atom stereocenters. The van der Waals surface area contributed by atoms with E-state index in [-0.39, 0.29) is 5.15 Å². The maximum absolute atomic E-state index is 5.59. The minimum Gasteiger partial charge on any atom is -0.459 e. The lowest BCUT2D eigenvalue weighted by Crippen LogP contribution is -1.85. The van der Waals surface area contributed by atoms with Crippen molar-refractivity contribution >= 4 is 22.7 Å². The van der Waals surface area contributed by atoms with Gasteiger partial charge in [-0.15, -0.1) is 10.2 Å². The van der Waals surface area contributed by atoms with E-state index in [9.17, 15) is 0 Å². The molecule has 0 radical (unpaired) electrons. The molecule has 0 aliphatic carbocycles. The molecule has 0 saturated carbocycles. The molecule has 0 aromatic carbocycles. The monoisotopic (exact) mass is 155 g/mol. The SMILES string of the molecule is Clc1nnnc2ccoc12. The third-order valence-electron chi connectivity index (χ3n) is 1.12. The van der Waals surface area contributed by atoms with Gasteiger partial charge in [0.05, 0.1) is 6.26 Å². The second kappa shape index (κ2) is 1.91. The molecule has 0 fully saturated rings. The van der Waals surface area contributed by atoms with Crippen LogP contribution in [0.4, 0.5) is 0 Å². The van der Waals surface area contributed by atoms with Crippen LogP contribution in [-0.2, 0) is 0 Å². The number of halogens is 1. The van der Waals surface area contributed by atoms with Gasteiger partial charge in [-0.1, -0.05) is 11.6 Å². The first kappa shape index (κ1) is 5.61. The third-order valence-corrected chi connectivity index (χ3v) is 1.36. The molecule has 0 aliphatic rings.